The molecule has 5 aromatic carbocycles. The number of halogens is 1. The first kappa shape index (κ1) is 19.5. The van der Waals surface area contributed by atoms with Crippen LogP contribution in [0.3, 0.4) is 0 Å². The number of anilines is 2. The Labute approximate surface area is 193 Å². The minimum absolute atomic E-state index is 0.237. The lowest BCUT2D eigenvalue weighted by Gasteiger charge is -2.34. The molecule has 5 aromatic rings. The van der Waals surface area contributed by atoms with E-state index in [9.17, 15) is 4.39 Å². The van der Waals surface area contributed by atoms with E-state index < -0.39 is 0 Å². The maximum atomic E-state index is 13.3. The molecule has 0 bridgehead atoms. The molecule has 0 aromatic heterocycles. The molecule has 0 saturated heterocycles. The van der Waals surface area contributed by atoms with Crippen LogP contribution in [0.4, 0.5) is 15.8 Å². The highest BCUT2D eigenvalue weighted by molar-refractivity contribution is 5.86. The average molecular weight is 428 g/mol. The van der Waals surface area contributed by atoms with Crippen molar-refractivity contribution in [2.45, 2.75) is 5.41 Å². The fraction of sp³-hybridized carbons (Fsp3) is 0.0323. The number of hydrogen-bond donors (Lipinski definition) is 1. The second-order valence-electron chi connectivity index (χ2n) is 8.42. The summed E-state index contributed by atoms with van der Waals surface area (Å²) in [5.74, 6) is -0.237. The van der Waals surface area contributed by atoms with E-state index in [1.54, 1.807) is 12.1 Å². The first-order chi connectivity index (χ1) is 16.3. The summed E-state index contributed by atoms with van der Waals surface area (Å²) in [7, 11) is 0. The quantitative estimate of drug-likeness (QED) is 0.301. The SMILES string of the molecule is Fc1ccc(Nc2ccc(C3(c4ccccc4)c4ccccc4-c4ccccc43)cc2)cc1. The lowest BCUT2D eigenvalue weighted by Crippen LogP contribution is -2.28. The van der Waals surface area contributed by atoms with Gasteiger partial charge in [-0.05, 0) is 69.8 Å². The third kappa shape index (κ3) is 3.07. The summed E-state index contributed by atoms with van der Waals surface area (Å²) in [4.78, 5) is 0. The van der Waals surface area contributed by atoms with Crippen LogP contribution in [-0.4, -0.2) is 0 Å². The van der Waals surface area contributed by atoms with Gasteiger partial charge in [-0.2, -0.15) is 0 Å². The van der Waals surface area contributed by atoms with Crippen molar-refractivity contribution < 1.29 is 4.39 Å². The molecule has 0 unspecified atom stereocenters. The number of benzene rings is 5. The maximum absolute atomic E-state index is 13.3. The van der Waals surface area contributed by atoms with Crippen molar-refractivity contribution in [3.05, 3.63) is 155 Å². The van der Waals surface area contributed by atoms with Crippen molar-refractivity contribution in [3.63, 3.8) is 0 Å². The Morgan fingerprint density at radius 2 is 0.909 bits per heavy atom. The van der Waals surface area contributed by atoms with Crippen LogP contribution in [0, 0.1) is 5.82 Å². The van der Waals surface area contributed by atoms with Gasteiger partial charge in [0, 0.05) is 11.4 Å². The van der Waals surface area contributed by atoms with Gasteiger partial charge in [0.25, 0.3) is 0 Å². The normalized spacial score (nSPS) is 13.2. The van der Waals surface area contributed by atoms with Crippen LogP contribution in [0.5, 0.6) is 0 Å². The van der Waals surface area contributed by atoms with E-state index in [1.807, 2.05) is 0 Å². The van der Waals surface area contributed by atoms with E-state index in [-0.39, 0.29) is 11.2 Å². The molecule has 1 N–H and O–H groups in total. The summed E-state index contributed by atoms with van der Waals surface area (Å²) in [6.45, 7) is 0. The Balaban J connectivity index is 1.53. The van der Waals surface area contributed by atoms with E-state index in [2.05, 4.69) is 108 Å². The van der Waals surface area contributed by atoms with E-state index in [0.717, 1.165) is 11.4 Å². The molecule has 0 heterocycles. The zero-order chi connectivity index (χ0) is 22.3. The summed E-state index contributed by atoms with van der Waals surface area (Å²) >= 11 is 0. The van der Waals surface area contributed by atoms with Gasteiger partial charge in [-0.15, -0.1) is 0 Å². The Morgan fingerprint density at radius 3 is 1.48 bits per heavy atom. The average Bonchev–Trinajstić information content (AvgIpc) is 3.18. The van der Waals surface area contributed by atoms with Gasteiger partial charge in [0.2, 0.25) is 0 Å². The molecule has 0 amide bonds. The molecular weight excluding hydrogens is 405 g/mol. The molecular formula is C31H22FN. The van der Waals surface area contributed by atoms with Gasteiger partial charge >= 0.3 is 0 Å². The predicted octanol–water partition coefficient (Wildman–Crippen LogP) is 7.93. The van der Waals surface area contributed by atoms with Crippen LogP contribution >= 0.6 is 0 Å². The summed E-state index contributed by atoms with van der Waals surface area (Å²) in [5, 5.41) is 3.37. The highest BCUT2D eigenvalue weighted by Crippen LogP contribution is 2.55. The van der Waals surface area contributed by atoms with Crippen molar-refractivity contribution in [1.29, 1.82) is 0 Å². The molecule has 0 saturated carbocycles. The lowest BCUT2D eigenvalue weighted by atomic mass is 9.68. The smallest absolute Gasteiger partial charge is 0.123 e. The molecule has 1 aliphatic rings. The van der Waals surface area contributed by atoms with Gasteiger partial charge in [-0.25, -0.2) is 4.39 Å². The minimum Gasteiger partial charge on any atom is -0.356 e. The van der Waals surface area contributed by atoms with Gasteiger partial charge < -0.3 is 5.32 Å². The maximum Gasteiger partial charge on any atom is 0.123 e. The highest BCUT2D eigenvalue weighted by Gasteiger charge is 2.45. The molecule has 0 atom stereocenters. The predicted molar refractivity (Wildman–Crippen MR) is 133 cm³/mol. The Bertz CT molecular complexity index is 1380. The minimum atomic E-state index is -0.386. The molecule has 0 radical (unpaired) electrons. The summed E-state index contributed by atoms with van der Waals surface area (Å²) in [5.41, 5.74) is 9.08. The molecule has 33 heavy (non-hydrogen) atoms. The second kappa shape index (κ2) is 7.75. The first-order valence-electron chi connectivity index (χ1n) is 11.1. The fourth-order valence-electron chi connectivity index (χ4n) is 5.22. The fourth-order valence-corrected chi connectivity index (χ4v) is 5.22. The van der Waals surface area contributed by atoms with Gasteiger partial charge in [-0.3, -0.25) is 0 Å². The monoisotopic (exact) mass is 427 g/mol. The number of rotatable bonds is 4. The molecule has 1 nitrogen and oxygen atoms in total. The lowest BCUT2D eigenvalue weighted by molar-refractivity contribution is 0.628. The second-order valence-corrected chi connectivity index (χ2v) is 8.42. The topological polar surface area (TPSA) is 12.0 Å². The molecule has 1 aliphatic carbocycles. The summed E-state index contributed by atoms with van der Waals surface area (Å²) < 4.78 is 13.3. The largest absolute Gasteiger partial charge is 0.356 e. The van der Waals surface area contributed by atoms with Gasteiger partial charge in [0.1, 0.15) is 5.82 Å². The van der Waals surface area contributed by atoms with Gasteiger partial charge in [0.15, 0.2) is 0 Å². The van der Waals surface area contributed by atoms with Gasteiger partial charge in [-0.1, -0.05) is 91.0 Å². The van der Waals surface area contributed by atoms with Crippen molar-refractivity contribution in [3.8, 4) is 11.1 Å². The van der Waals surface area contributed by atoms with Crippen LogP contribution in [0.2, 0.25) is 0 Å². The van der Waals surface area contributed by atoms with Crippen molar-refractivity contribution in [1.82, 2.24) is 0 Å². The number of nitrogens with one attached hydrogen (secondary N) is 1. The van der Waals surface area contributed by atoms with Crippen LogP contribution in [-0.2, 0) is 5.41 Å². The Kier molecular flexibility index (Phi) is 4.58. The molecule has 158 valence electrons. The summed E-state index contributed by atoms with van der Waals surface area (Å²) in [6.07, 6.45) is 0. The van der Waals surface area contributed by atoms with E-state index in [0.29, 0.717) is 0 Å². The van der Waals surface area contributed by atoms with Crippen molar-refractivity contribution >= 4 is 11.4 Å². The summed E-state index contributed by atoms with van der Waals surface area (Å²) in [6, 6.07) is 43.3. The molecule has 2 heteroatoms. The van der Waals surface area contributed by atoms with Crippen molar-refractivity contribution in [2.24, 2.45) is 0 Å². The molecule has 0 fully saturated rings. The zero-order valence-corrected chi connectivity index (χ0v) is 18.0. The third-order valence-electron chi connectivity index (χ3n) is 6.61. The first-order valence-corrected chi connectivity index (χ1v) is 11.1. The number of fused-ring (bicyclic) bond motifs is 3. The highest BCUT2D eigenvalue weighted by atomic mass is 19.1. The molecule has 6 rings (SSSR count). The van der Waals surface area contributed by atoms with Crippen LogP contribution in [0.25, 0.3) is 11.1 Å². The van der Waals surface area contributed by atoms with E-state index in [4.69, 9.17) is 0 Å². The number of hydrogen-bond acceptors (Lipinski definition) is 1. The zero-order valence-electron chi connectivity index (χ0n) is 18.0. The van der Waals surface area contributed by atoms with Crippen LogP contribution in [0.1, 0.15) is 22.3 Å². The van der Waals surface area contributed by atoms with Gasteiger partial charge in [0.05, 0.1) is 5.41 Å². The van der Waals surface area contributed by atoms with E-state index >= 15 is 0 Å². The Morgan fingerprint density at radius 1 is 0.455 bits per heavy atom. The third-order valence-corrected chi connectivity index (χ3v) is 6.61. The standard InChI is InChI=1S/C31H22FN/c32-24-16-20-26(21-17-24)33-25-18-14-23(15-19-25)31(22-8-2-1-3-9-22)29-12-6-4-10-27(29)28-11-5-7-13-30(28)31/h1-21,33H. The van der Waals surface area contributed by atoms with Crippen molar-refractivity contribution in [2.75, 3.05) is 5.32 Å². The van der Waals surface area contributed by atoms with Crippen LogP contribution < -0.4 is 5.32 Å². The van der Waals surface area contributed by atoms with Crippen LogP contribution in [0.15, 0.2) is 127 Å². The molecule has 0 spiro atoms. The molecule has 0 aliphatic heterocycles. The Hall–Kier alpha value is -4.17. The van der Waals surface area contributed by atoms with E-state index in [1.165, 1.54) is 45.5 Å².